The molecule has 2 atom stereocenters. The van der Waals surface area contributed by atoms with Crippen molar-refractivity contribution in [3.8, 4) is 0 Å². The maximum Gasteiger partial charge on any atom is 0.0810 e. The number of aliphatic hydroxyl groups excluding tert-OH is 1. The first-order valence-electron chi connectivity index (χ1n) is 6.26. The molecular weight excluding hydrogens is 214 g/mol. The molecule has 1 aliphatic rings. The Bertz CT molecular complexity index is 367. The SMILES string of the molecule is COCC(C)N1CCCC(O)c2ccccc21. The van der Waals surface area contributed by atoms with Crippen LogP contribution in [0, 0.1) is 0 Å². The number of ether oxygens (including phenoxy) is 1. The first kappa shape index (κ1) is 12.4. The molecule has 2 rings (SSSR count). The fourth-order valence-electron chi connectivity index (χ4n) is 2.55. The zero-order chi connectivity index (χ0) is 12.3. The summed E-state index contributed by atoms with van der Waals surface area (Å²) in [6, 6.07) is 8.48. The van der Waals surface area contributed by atoms with Gasteiger partial charge in [-0.1, -0.05) is 18.2 Å². The Labute approximate surface area is 103 Å². The predicted octanol–water partition coefficient (Wildman–Crippen LogP) is 2.36. The van der Waals surface area contributed by atoms with Gasteiger partial charge in [-0.15, -0.1) is 0 Å². The minimum Gasteiger partial charge on any atom is -0.388 e. The molecule has 2 unspecified atom stereocenters. The molecule has 1 heterocycles. The number of aliphatic hydroxyl groups is 1. The molecular formula is C14H21NO2. The molecule has 0 bridgehead atoms. The van der Waals surface area contributed by atoms with Gasteiger partial charge in [0, 0.05) is 30.9 Å². The number of hydrogen-bond acceptors (Lipinski definition) is 3. The minimum atomic E-state index is -0.328. The molecule has 3 nitrogen and oxygen atoms in total. The van der Waals surface area contributed by atoms with Crippen molar-refractivity contribution >= 4 is 5.69 Å². The van der Waals surface area contributed by atoms with Crippen molar-refractivity contribution in [1.82, 2.24) is 0 Å². The monoisotopic (exact) mass is 235 g/mol. The van der Waals surface area contributed by atoms with Gasteiger partial charge >= 0.3 is 0 Å². The van der Waals surface area contributed by atoms with Gasteiger partial charge in [0.2, 0.25) is 0 Å². The summed E-state index contributed by atoms with van der Waals surface area (Å²) in [6.45, 7) is 3.86. The summed E-state index contributed by atoms with van der Waals surface area (Å²) < 4.78 is 5.24. The number of methoxy groups -OCH3 is 1. The van der Waals surface area contributed by atoms with Crippen LogP contribution in [0.3, 0.4) is 0 Å². The third kappa shape index (κ3) is 2.61. The van der Waals surface area contributed by atoms with Gasteiger partial charge in [0.25, 0.3) is 0 Å². The van der Waals surface area contributed by atoms with Crippen molar-refractivity contribution in [1.29, 1.82) is 0 Å². The molecule has 1 N–H and O–H groups in total. The van der Waals surface area contributed by atoms with Crippen molar-refractivity contribution in [2.24, 2.45) is 0 Å². The average molecular weight is 235 g/mol. The molecule has 0 aliphatic carbocycles. The van der Waals surface area contributed by atoms with Gasteiger partial charge in [0.15, 0.2) is 0 Å². The third-order valence-electron chi connectivity index (χ3n) is 3.42. The largest absolute Gasteiger partial charge is 0.388 e. The van der Waals surface area contributed by atoms with Gasteiger partial charge in [0.05, 0.1) is 12.7 Å². The molecule has 94 valence electrons. The molecule has 1 aromatic carbocycles. The molecule has 0 spiro atoms. The summed E-state index contributed by atoms with van der Waals surface area (Å²) in [5.41, 5.74) is 2.20. The van der Waals surface area contributed by atoms with E-state index in [9.17, 15) is 5.11 Å². The van der Waals surface area contributed by atoms with Gasteiger partial charge < -0.3 is 14.7 Å². The second-order valence-corrected chi connectivity index (χ2v) is 4.71. The summed E-state index contributed by atoms with van der Waals surface area (Å²) in [5, 5.41) is 10.1. The van der Waals surface area contributed by atoms with Crippen molar-refractivity contribution in [2.75, 3.05) is 25.2 Å². The summed E-state index contributed by atoms with van der Waals surface area (Å²) in [7, 11) is 1.73. The molecule has 3 heteroatoms. The van der Waals surface area contributed by atoms with Crippen LogP contribution in [0.5, 0.6) is 0 Å². The molecule has 1 aliphatic heterocycles. The predicted molar refractivity (Wildman–Crippen MR) is 69.3 cm³/mol. The van der Waals surface area contributed by atoms with Gasteiger partial charge in [-0.05, 0) is 25.8 Å². The van der Waals surface area contributed by atoms with E-state index in [0.29, 0.717) is 12.6 Å². The van der Waals surface area contributed by atoms with E-state index in [2.05, 4.69) is 17.9 Å². The highest BCUT2D eigenvalue weighted by molar-refractivity contribution is 5.56. The average Bonchev–Trinajstić information content (AvgIpc) is 2.50. The summed E-state index contributed by atoms with van der Waals surface area (Å²) in [4.78, 5) is 2.34. The molecule has 0 radical (unpaired) electrons. The van der Waals surface area contributed by atoms with E-state index in [1.165, 1.54) is 0 Å². The van der Waals surface area contributed by atoms with Crippen LogP contribution < -0.4 is 4.90 Å². The van der Waals surface area contributed by atoms with Gasteiger partial charge in [-0.2, -0.15) is 0 Å². The Balaban J connectivity index is 2.31. The maximum atomic E-state index is 10.1. The topological polar surface area (TPSA) is 32.7 Å². The Morgan fingerprint density at radius 3 is 3.00 bits per heavy atom. The van der Waals surface area contributed by atoms with E-state index in [4.69, 9.17) is 4.74 Å². The number of anilines is 1. The van der Waals surface area contributed by atoms with Crippen LogP contribution in [0.4, 0.5) is 5.69 Å². The normalized spacial score (nSPS) is 21.8. The lowest BCUT2D eigenvalue weighted by molar-refractivity contribution is 0.168. The highest BCUT2D eigenvalue weighted by Crippen LogP contribution is 2.33. The lowest BCUT2D eigenvalue weighted by Gasteiger charge is -2.31. The summed E-state index contributed by atoms with van der Waals surface area (Å²) >= 11 is 0. The van der Waals surface area contributed by atoms with Crippen molar-refractivity contribution in [2.45, 2.75) is 31.9 Å². The molecule has 0 aromatic heterocycles. The van der Waals surface area contributed by atoms with Gasteiger partial charge in [0.1, 0.15) is 0 Å². The number of hydrogen-bond donors (Lipinski definition) is 1. The van der Waals surface area contributed by atoms with Crippen LogP contribution in [0.15, 0.2) is 24.3 Å². The molecule has 0 amide bonds. The van der Waals surface area contributed by atoms with E-state index in [0.717, 1.165) is 30.6 Å². The van der Waals surface area contributed by atoms with Crippen molar-refractivity contribution in [3.63, 3.8) is 0 Å². The van der Waals surface area contributed by atoms with E-state index < -0.39 is 0 Å². The summed E-state index contributed by atoms with van der Waals surface area (Å²) in [6.07, 6.45) is 1.53. The zero-order valence-electron chi connectivity index (χ0n) is 10.6. The first-order chi connectivity index (χ1) is 8.24. The molecule has 0 saturated heterocycles. The van der Waals surface area contributed by atoms with Crippen LogP contribution in [0.25, 0.3) is 0 Å². The number of fused-ring (bicyclic) bond motifs is 1. The zero-order valence-corrected chi connectivity index (χ0v) is 10.6. The maximum absolute atomic E-state index is 10.1. The second kappa shape index (κ2) is 5.52. The number of rotatable bonds is 3. The van der Waals surface area contributed by atoms with Crippen LogP contribution >= 0.6 is 0 Å². The quantitative estimate of drug-likeness (QED) is 0.873. The van der Waals surface area contributed by atoms with Crippen LogP contribution in [-0.4, -0.2) is 31.4 Å². The molecule has 0 saturated carbocycles. The Morgan fingerprint density at radius 1 is 1.47 bits per heavy atom. The van der Waals surface area contributed by atoms with E-state index in [-0.39, 0.29) is 6.10 Å². The number of benzene rings is 1. The van der Waals surface area contributed by atoms with Crippen LogP contribution in [-0.2, 0) is 4.74 Å². The van der Waals surface area contributed by atoms with Gasteiger partial charge in [-0.3, -0.25) is 0 Å². The minimum absolute atomic E-state index is 0.328. The smallest absolute Gasteiger partial charge is 0.0810 e. The standard InChI is InChI=1S/C14H21NO2/c1-11(10-17-2)15-9-5-8-14(16)12-6-3-4-7-13(12)15/h3-4,6-7,11,14,16H,5,8-10H2,1-2H3. The van der Waals surface area contributed by atoms with Crippen molar-refractivity contribution in [3.05, 3.63) is 29.8 Å². The molecule has 17 heavy (non-hydrogen) atoms. The Kier molecular flexibility index (Phi) is 4.02. The number of nitrogens with zero attached hydrogens (tertiary/aromatic N) is 1. The Morgan fingerprint density at radius 2 is 2.24 bits per heavy atom. The third-order valence-corrected chi connectivity index (χ3v) is 3.42. The highest BCUT2D eigenvalue weighted by atomic mass is 16.5. The van der Waals surface area contributed by atoms with E-state index >= 15 is 0 Å². The van der Waals surface area contributed by atoms with Crippen LogP contribution in [0.2, 0.25) is 0 Å². The summed E-state index contributed by atoms with van der Waals surface area (Å²) in [5.74, 6) is 0. The van der Waals surface area contributed by atoms with Gasteiger partial charge in [-0.25, -0.2) is 0 Å². The van der Waals surface area contributed by atoms with Crippen LogP contribution in [0.1, 0.15) is 31.4 Å². The molecule has 0 fully saturated rings. The lowest BCUT2D eigenvalue weighted by Crippen LogP contribution is -2.36. The fraction of sp³-hybridized carbons (Fsp3) is 0.571. The van der Waals surface area contributed by atoms with E-state index in [1.54, 1.807) is 7.11 Å². The fourth-order valence-corrected chi connectivity index (χ4v) is 2.55. The second-order valence-electron chi connectivity index (χ2n) is 4.71. The highest BCUT2D eigenvalue weighted by Gasteiger charge is 2.23. The molecule has 1 aromatic rings. The first-order valence-corrected chi connectivity index (χ1v) is 6.26. The number of para-hydroxylation sites is 1. The van der Waals surface area contributed by atoms with Crippen molar-refractivity contribution < 1.29 is 9.84 Å². The van der Waals surface area contributed by atoms with E-state index in [1.807, 2.05) is 18.2 Å². The lowest BCUT2D eigenvalue weighted by atomic mass is 10.0. The Hall–Kier alpha value is -1.06.